The summed E-state index contributed by atoms with van der Waals surface area (Å²) < 4.78 is 68.9. The molecular weight excluding hydrogens is 425 g/mol. The number of nitrogens with zero attached hydrogens (tertiary/aromatic N) is 2. The van der Waals surface area contributed by atoms with Crippen LogP contribution in [0.4, 0.5) is 33.5 Å². The minimum atomic E-state index is -4.46. The van der Waals surface area contributed by atoms with E-state index in [0.29, 0.717) is 31.7 Å². The van der Waals surface area contributed by atoms with Crippen LogP contribution < -0.4 is 10.2 Å². The number of ether oxygens (including phenoxy) is 1. The first-order valence-corrected chi connectivity index (χ1v) is 9.33. The quantitative estimate of drug-likeness (QED) is 0.563. The van der Waals surface area contributed by atoms with Crippen LogP contribution in [0.15, 0.2) is 36.5 Å². The van der Waals surface area contributed by atoms with Crippen molar-refractivity contribution in [2.24, 2.45) is 5.92 Å². The average molecular weight is 443 g/mol. The molecule has 0 unspecified atom stereocenters. The van der Waals surface area contributed by atoms with E-state index in [1.54, 1.807) is 4.90 Å². The number of aromatic nitrogens is 1. The molecular formula is C20H18F5N3O3. The monoisotopic (exact) mass is 443 g/mol. The van der Waals surface area contributed by atoms with E-state index in [-0.39, 0.29) is 5.69 Å². The van der Waals surface area contributed by atoms with Gasteiger partial charge in [0.05, 0.1) is 11.5 Å². The molecule has 1 aliphatic rings. The zero-order valence-electron chi connectivity index (χ0n) is 16.1. The van der Waals surface area contributed by atoms with Gasteiger partial charge < -0.3 is 15.0 Å². The largest absolute Gasteiger partial charge is 0.455 e. The molecule has 31 heavy (non-hydrogen) atoms. The molecule has 166 valence electrons. The molecule has 0 aliphatic carbocycles. The fourth-order valence-electron chi connectivity index (χ4n) is 3.11. The number of alkyl halides is 3. The molecule has 2 aromatic rings. The number of halogens is 5. The van der Waals surface area contributed by atoms with Crippen LogP contribution in [-0.2, 0) is 20.5 Å². The van der Waals surface area contributed by atoms with Crippen molar-refractivity contribution in [2.75, 3.05) is 29.9 Å². The van der Waals surface area contributed by atoms with Gasteiger partial charge in [0.2, 0.25) is 0 Å². The van der Waals surface area contributed by atoms with E-state index in [9.17, 15) is 31.5 Å². The SMILES string of the molecule is O=C(COC(=O)C1CCN(c2ccc(C(F)(F)F)cn2)CC1)Nc1ccc(F)c(F)c1. The van der Waals surface area contributed by atoms with E-state index in [1.165, 1.54) is 12.1 Å². The Balaban J connectivity index is 1.44. The molecule has 0 spiro atoms. The number of nitrogens with one attached hydrogen (secondary N) is 1. The van der Waals surface area contributed by atoms with Crippen LogP contribution in [0, 0.1) is 17.6 Å². The number of piperidine rings is 1. The highest BCUT2D eigenvalue weighted by Gasteiger charge is 2.31. The highest BCUT2D eigenvalue weighted by molar-refractivity contribution is 5.92. The molecule has 0 bridgehead atoms. The van der Waals surface area contributed by atoms with Gasteiger partial charge in [-0.1, -0.05) is 0 Å². The van der Waals surface area contributed by atoms with E-state index < -0.39 is 47.8 Å². The van der Waals surface area contributed by atoms with Gasteiger partial charge in [-0.05, 0) is 37.1 Å². The topological polar surface area (TPSA) is 71.5 Å². The predicted molar refractivity (Wildman–Crippen MR) is 100 cm³/mol. The standard InChI is InChI=1S/C20H18F5N3O3/c21-15-3-2-14(9-16(15)22)27-18(29)11-31-19(30)12-5-7-28(8-6-12)17-4-1-13(10-26-17)20(23,24)25/h1-4,9-10,12H,5-8,11H2,(H,27,29). The maximum absolute atomic E-state index is 13.1. The minimum Gasteiger partial charge on any atom is -0.455 e. The van der Waals surface area contributed by atoms with Crippen LogP contribution in [0.3, 0.4) is 0 Å². The number of benzene rings is 1. The van der Waals surface area contributed by atoms with Crippen LogP contribution in [-0.4, -0.2) is 36.6 Å². The molecule has 0 saturated carbocycles. The molecule has 1 aromatic heterocycles. The molecule has 1 aliphatic heterocycles. The summed E-state index contributed by atoms with van der Waals surface area (Å²) in [5.74, 6) is -3.55. The fraction of sp³-hybridized carbons (Fsp3) is 0.350. The van der Waals surface area contributed by atoms with E-state index in [0.717, 1.165) is 24.4 Å². The number of rotatable bonds is 5. The number of hydrogen-bond donors (Lipinski definition) is 1. The van der Waals surface area contributed by atoms with Gasteiger partial charge in [0.25, 0.3) is 5.91 Å². The summed E-state index contributed by atoms with van der Waals surface area (Å²) in [5, 5.41) is 2.29. The van der Waals surface area contributed by atoms with Crippen molar-refractivity contribution in [2.45, 2.75) is 19.0 Å². The zero-order valence-corrected chi connectivity index (χ0v) is 16.1. The molecule has 1 N–H and O–H groups in total. The summed E-state index contributed by atoms with van der Waals surface area (Å²) >= 11 is 0. The number of carbonyl (C=O) groups is 2. The average Bonchev–Trinajstić information content (AvgIpc) is 2.74. The van der Waals surface area contributed by atoms with Crippen molar-refractivity contribution in [3.8, 4) is 0 Å². The summed E-state index contributed by atoms with van der Waals surface area (Å²) in [6, 6.07) is 5.07. The lowest BCUT2D eigenvalue weighted by atomic mass is 9.97. The van der Waals surface area contributed by atoms with Crippen molar-refractivity contribution in [3.63, 3.8) is 0 Å². The fourth-order valence-corrected chi connectivity index (χ4v) is 3.11. The van der Waals surface area contributed by atoms with Crippen LogP contribution >= 0.6 is 0 Å². The van der Waals surface area contributed by atoms with Gasteiger partial charge in [-0.15, -0.1) is 0 Å². The number of hydrogen-bond acceptors (Lipinski definition) is 5. The van der Waals surface area contributed by atoms with E-state index in [1.807, 2.05) is 0 Å². The molecule has 3 rings (SSSR count). The van der Waals surface area contributed by atoms with E-state index in [2.05, 4.69) is 10.3 Å². The van der Waals surface area contributed by atoms with Gasteiger partial charge in [0.15, 0.2) is 18.2 Å². The Labute approximate surface area is 174 Å². The second-order valence-corrected chi connectivity index (χ2v) is 6.95. The first-order chi connectivity index (χ1) is 14.6. The van der Waals surface area contributed by atoms with Crippen LogP contribution in [0.1, 0.15) is 18.4 Å². The Morgan fingerprint density at radius 3 is 2.39 bits per heavy atom. The second kappa shape index (κ2) is 9.27. The van der Waals surface area contributed by atoms with Gasteiger partial charge in [-0.3, -0.25) is 9.59 Å². The molecule has 1 saturated heterocycles. The van der Waals surface area contributed by atoms with Crippen molar-refractivity contribution < 1.29 is 36.3 Å². The third-order valence-electron chi connectivity index (χ3n) is 4.78. The number of amides is 1. The molecule has 6 nitrogen and oxygen atoms in total. The van der Waals surface area contributed by atoms with Gasteiger partial charge >= 0.3 is 12.1 Å². The number of anilines is 2. The molecule has 1 fully saturated rings. The summed E-state index contributed by atoms with van der Waals surface area (Å²) in [6.07, 6.45) is -2.93. The summed E-state index contributed by atoms with van der Waals surface area (Å²) in [4.78, 5) is 29.6. The van der Waals surface area contributed by atoms with Crippen LogP contribution in [0.2, 0.25) is 0 Å². The second-order valence-electron chi connectivity index (χ2n) is 6.95. The maximum atomic E-state index is 13.1. The highest BCUT2D eigenvalue weighted by Crippen LogP contribution is 2.30. The van der Waals surface area contributed by atoms with Gasteiger partial charge in [0.1, 0.15) is 5.82 Å². The lowest BCUT2D eigenvalue weighted by molar-refractivity contribution is -0.152. The van der Waals surface area contributed by atoms with Crippen LogP contribution in [0.5, 0.6) is 0 Å². The molecule has 1 amide bonds. The third kappa shape index (κ3) is 5.89. The summed E-state index contributed by atoms with van der Waals surface area (Å²) in [7, 11) is 0. The molecule has 1 aromatic carbocycles. The van der Waals surface area contributed by atoms with Crippen molar-refractivity contribution in [1.82, 2.24) is 4.98 Å². The Bertz CT molecular complexity index is 942. The zero-order chi connectivity index (χ0) is 22.6. The maximum Gasteiger partial charge on any atom is 0.417 e. The summed E-state index contributed by atoms with van der Waals surface area (Å²) in [6.45, 7) is 0.191. The molecule has 0 radical (unpaired) electrons. The summed E-state index contributed by atoms with van der Waals surface area (Å²) in [5.41, 5.74) is -0.811. The number of carbonyl (C=O) groups excluding carboxylic acids is 2. The normalized spacial score (nSPS) is 14.9. The predicted octanol–water partition coefficient (Wildman–Crippen LogP) is 3.78. The number of pyridine rings is 1. The highest BCUT2D eigenvalue weighted by atomic mass is 19.4. The Morgan fingerprint density at radius 1 is 1.10 bits per heavy atom. The molecule has 0 atom stereocenters. The minimum absolute atomic E-state index is 0.0253. The van der Waals surface area contributed by atoms with E-state index >= 15 is 0 Å². The lowest BCUT2D eigenvalue weighted by Crippen LogP contribution is -2.38. The molecule has 11 heteroatoms. The first-order valence-electron chi connectivity index (χ1n) is 9.33. The van der Waals surface area contributed by atoms with Crippen molar-refractivity contribution >= 4 is 23.4 Å². The third-order valence-corrected chi connectivity index (χ3v) is 4.78. The smallest absolute Gasteiger partial charge is 0.417 e. The lowest BCUT2D eigenvalue weighted by Gasteiger charge is -2.31. The van der Waals surface area contributed by atoms with Gasteiger partial charge in [0, 0.05) is 31.0 Å². The van der Waals surface area contributed by atoms with Crippen molar-refractivity contribution in [1.29, 1.82) is 0 Å². The Morgan fingerprint density at radius 2 is 1.81 bits per heavy atom. The van der Waals surface area contributed by atoms with Gasteiger partial charge in [-0.25, -0.2) is 13.8 Å². The van der Waals surface area contributed by atoms with E-state index in [4.69, 9.17) is 4.74 Å². The van der Waals surface area contributed by atoms with Crippen molar-refractivity contribution in [3.05, 3.63) is 53.7 Å². The van der Waals surface area contributed by atoms with Crippen LogP contribution in [0.25, 0.3) is 0 Å². The first kappa shape index (κ1) is 22.4. The van der Waals surface area contributed by atoms with Gasteiger partial charge in [-0.2, -0.15) is 13.2 Å². The Hall–Kier alpha value is -3.24. The molecule has 2 heterocycles. The Kier molecular flexibility index (Phi) is 6.71. The number of esters is 1.